The molecule has 0 aliphatic carbocycles. The maximum atomic E-state index is 12.8. The van der Waals surface area contributed by atoms with Gasteiger partial charge in [-0.05, 0) is 43.7 Å². The summed E-state index contributed by atoms with van der Waals surface area (Å²) in [4.78, 5) is 24.5. The molecule has 0 spiro atoms. The standard InChI is InChI=1S/C18H20FNO4S/c1-11-12(2)25-17(20-13(3)21)16(11)18(22)24-10-4-9-23-15-7-5-14(19)6-8-15/h5-8H,4,9-10H2,1-3H3,(H,20,21). The molecule has 0 radical (unpaired) electrons. The molecule has 1 heterocycles. The Morgan fingerprint density at radius 1 is 1.16 bits per heavy atom. The van der Waals surface area contributed by atoms with Crippen molar-refractivity contribution in [2.24, 2.45) is 0 Å². The number of benzene rings is 1. The van der Waals surface area contributed by atoms with Crippen LogP contribution in [0, 0.1) is 19.7 Å². The lowest BCUT2D eigenvalue weighted by molar-refractivity contribution is -0.114. The smallest absolute Gasteiger partial charge is 0.341 e. The topological polar surface area (TPSA) is 64.6 Å². The lowest BCUT2D eigenvalue weighted by Crippen LogP contribution is -2.13. The van der Waals surface area contributed by atoms with Crippen LogP contribution >= 0.6 is 11.3 Å². The third-order valence-corrected chi connectivity index (χ3v) is 4.61. The minimum Gasteiger partial charge on any atom is -0.493 e. The number of ether oxygens (including phenoxy) is 2. The van der Waals surface area contributed by atoms with Gasteiger partial charge < -0.3 is 14.8 Å². The molecule has 25 heavy (non-hydrogen) atoms. The summed E-state index contributed by atoms with van der Waals surface area (Å²) in [5.41, 5.74) is 1.21. The van der Waals surface area contributed by atoms with Crippen molar-refractivity contribution in [3.8, 4) is 5.75 Å². The third-order valence-electron chi connectivity index (χ3n) is 3.48. The first kappa shape index (κ1) is 18.9. The highest BCUT2D eigenvalue weighted by Crippen LogP contribution is 2.33. The van der Waals surface area contributed by atoms with Gasteiger partial charge in [0, 0.05) is 18.2 Å². The molecule has 1 amide bonds. The van der Waals surface area contributed by atoms with Crippen LogP contribution in [-0.2, 0) is 9.53 Å². The summed E-state index contributed by atoms with van der Waals surface area (Å²) in [7, 11) is 0. The van der Waals surface area contributed by atoms with Gasteiger partial charge in [-0.25, -0.2) is 9.18 Å². The van der Waals surface area contributed by atoms with E-state index in [4.69, 9.17) is 9.47 Å². The predicted molar refractivity (Wildman–Crippen MR) is 94.9 cm³/mol. The molecule has 0 fully saturated rings. The second kappa shape index (κ2) is 8.62. The van der Waals surface area contributed by atoms with Crippen molar-refractivity contribution in [1.82, 2.24) is 0 Å². The highest BCUT2D eigenvalue weighted by Gasteiger charge is 2.21. The van der Waals surface area contributed by atoms with Crippen LogP contribution in [0.15, 0.2) is 24.3 Å². The Hall–Kier alpha value is -2.41. The molecule has 2 aromatic rings. The van der Waals surface area contributed by atoms with Gasteiger partial charge in [-0.15, -0.1) is 11.3 Å². The van der Waals surface area contributed by atoms with E-state index in [-0.39, 0.29) is 18.3 Å². The average molecular weight is 365 g/mol. The van der Waals surface area contributed by atoms with E-state index in [9.17, 15) is 14.0 Å². The largest absolute Gasteiger partial charge is 0.493 e. The van der Waals surface area contributed by atoms with Gasteiger partial charge in [-0.3, -0.25) is 4.79 Å². The van der Waals surface area contributed by atoms with Crippen molar-refractivity contribution >= 4 is 28.2 Å². The Morgan fingerprint density at radius 2 is 1.84 bits per heavy atom. The molecule has 0 unspecified atom stereocenters. The summed E-state index contributed by atoms with van der Waals surface area (Å²) >= 11 is 1.35. The predicted octanol–water partition coefficient (Wildman–Crippen LogP) is 4.09. The first-order valence-electron chi connectivity index (χ1n) is 7.81. The number of carbonyl (C=O) groups is 2. The quantitative estimate of drug-likeness (QED) is 0.593. The summed E-state index contributed by atoms with van der Waals surface area (Å²) in [5.74, 6) is -0.460. The minimum absolute atomic E-state index is 0.188. The van der Waals surface area contributed by atoms with Gasteiger partial charge >= 0.3 is 5.97 Å². The van der Waals surface area contributed by atoms with Crippen LogP contribution < -0.4 is 10.1 Å². The molecular formula is C18H20FNO4S. The molecule has 0 saturated heterocycles. The summed E-state index contributed by atoms with van der Waals surface area (Å²) in [6.07, 6.45) is 0.501. The van der Waals surface area contributed by atoms with E-state index in [1.165, 1.54) is 30.4 Å². The molecule has 0 aliphatic rings. The third kappa shape index (κ3) is 5.29. The minimum atomic E-state index is -0.465. The van der Waals surface area contributed by atoms with Gasteiger partial charge in [-0.1, -0.05) is 0 Å². The summed E-state index contributed by atoms with van der Waals surface area (Å²) < 4.78 is 23.5. The Morgan fingerprint density at radius 3 is 2.48 bits per heavy atom. The maximum Gasteiger partial charge on any atom is 0.341 e. The highest BCUT2D eigenvalue weighted by molar-refractivity contribution is 7.16. The number of esters is 1. The van der Waals surface area contributed by atoms with Crippen LogP contribution in [0.3, 0.4) is 0 Å². The number of aryl methyl sites for hydroxylation is 1. The fourth-order valence-corrected chi connectivity index (χ4v) is 3.23. The van der Waals surface area contributed by atoms with Gasteiger partial charge in [0.15, 0.2) is 0 Å². The van der Waals surface area contributed by atoms with Crippen LogP contribution in [0.2, 0.25) is 0 Å². The van der Waals surface area contributed by atoms with E-state index >= 15 is 0 Å². The molecular weight excluding hydrogens is 345 g/mol. The van der Waals surface area contributed by atoms with Crippen molar-refractivity contribution in [3.05, 3.63) is 46.1 Å². The zero-order chi connectivity index (χ0) is 18.4. The second-order valence-corrected chi connectivity index (χ2v) is 6.69. The fraction of sp³-hybridized carbons (Fsp3) is 0.333. The van der Waals surface area contributed by atoms with Gasteiger partial charge in [0.05, 0.1) is 18.8 Å². The van der Waals surface area contributed by atoms with E-state index in [2.05, 4.69) is 5.32 Å². The maximum absolute atomic E-state index is 12.8. The molecule has 1 aromatic carbocycles. The molecule has 134 valence electrons. The number of nitrogens with one attached hydrogen (secondary N) is 1. The Bertz CT molecular complexity index is 755. The number of halogens is 1. The molecule has 1 N–H and O–H groups in total. The average Bonchev–Trinajstić information content (AvgIpc) is 2.82. The normalized spacial score (nSPS) is 10.4. The molecule has 1 aromatic heterocycles. The van der Waals surface area contributed by atoms with Gasteiger partial charge in [0.2, 0.25) is 5.91 Å². The number of rotatable bonds is 7. The van der Waals surface area contributed by atoms with Crippen molar-refractivity contribution < 1.29 is 23.5 Å². The summed E-state index contributed by atoms with van der Waals surface area (Å²) in [5, 5.41) is 3.18. The molecule has 2 rings (SSSR count). The first-order chi connectivity index (χ1) is 11.9. The summed E-state index contributed by atoms with van der Waals surface area (Å²) in [6, 6.07) is 5.72. The van der Waals surface area contributed by atoms with Crippen LogP contribution in [0.25, 0.3) is 0 Å². The van der Waals surface area contributed by atoms with Crippen molar-refractivity contribution in [1.29, 1.82) is 0 Å². The van der Waals surface area contributed by atoms with Crippen LogP contribution in [0.4, 0.5) is 9.39 Å². The SMILES string of the molecule is CC(=O)Nc1sc(C)c(C)c1C(=O)OCCCOc1ccc(F)cc1. The lowest BCUT2D eigenvalue weighted by Gasteiger charge is -2.08. The van der Waals surface area contributed by atoms with Crippen LogP contribution in [0.5, 0.6) is 5.75 Å². The monoisotopic (exact) mass is 365 g/mol. The van der Waals surface area contributed by atoms with Crippen molar-refractivity contribution in [2.45, 2.75) is 27.2 Å². The Kier molecular flexibility index (Phi) is 6.52. The van der Waals surface area contributed by atoms with E-state index in [1.807, 2.05) is 13.8 Å². The zero-order valence-electron chi connectivity index (χ0n) is 14.3. The second-order valence-electron chi connectivity index (χ2n) is 5.46. The molecule has 0 bridgehead atoms. The summed E-state index contributed by atoms with van der Waals surface area (Å²) in [6.45, 7) is 5.64. The van der Waals surface area contributed by atoms with E-state index in [0.717, 1.165) is 10.4 Å². The molecule has 0 aliphatic heterocycles. The molecule has 0 atom stereocenters. The molecule has 7 heteroatoms. The number of amides is 1. The van der Waals surface area contributed by atoms with Gasteiger partial charge in [0.25, 0.3) is 0 Å². The van der Waals surface area contributed by atoms with E-state index in [0.29, 0.717) is 29.3 Å². The van der Waals surface area contributed by atoms with Crippen LogP contribution in [0.1, 0.15) is 34.1 Å². The van der Waals surface area contributed by atoms with E-state index in [1.54, 1.807) is 12.1 Å². The van der Waals surface area contributed by atoms with Crippen LogP contribution in [-0.4, -0.2) is 25.1 Å². The first-order valence-corrected chi connectivity index (χ1v) is 8.63. The molecule has 0 saturated carbocycles. The zero-order valence-corrected chi connectivity index (χ0v) is 15.2. The number of carbonyl (C=O) groups excluding carboxylic acids is 2. The Labute approximate surface area is 149 Å². The lowest BCUT2D eigenvalue weighted by atomic mass is 10.1. The Balaban J connectivity index is 1.84. The van der Waals surface area contributed by atoms with Crippen molar-refractivity contribution in [3.63, 3.8) is 0 Å². The van der Waals surface area contributed by atoms with Gasteiger partial charge in [-0.2, -0.15) is 0 Å². The number of hydrogen-bond acceptors (Lipinski definition) is 5. The fourth-order valence-electron chi connectivity index (χ4n) is 2.14. The number of hydrogen-bond donors (Lipinski definition) is 1. The van der Waals surface area contributed by atoms with Crippen molar-refractivity contribution in [2.75, 3.05) is 18.5 Å². The van der Waals surface area contributed by atoms with Gasteiger partial charge in [0.1, 0.15) is 16.6 Å². The van der Waals surface area contributed by atoms with E-state index < -0.39 is 5.97 Å². The molecule has 5 nitrogen and oxygen atoms in total. The number of anilines is 1. The number of thiophene rings is 1. The highest BCUT2D eigenvalue weighted by atomic mass is 32.1.